The lowest BCUT2D eigenvalue weighted by atomic mass is 10.1. The predicted octanol–water partition coefficient (Wildman–Crippen LogP) is 3.98. The van der Waals surface area contributed by atoms with Crippen LogP contribution in [0.1, 0.15) is 32.2 Å². The van der Waals surface area contributed by atoms with Gasteiger partial charge in [0.2, 0.25) is 11.8 Å². The molecule has 2 atom stereocenters. The summed E-state index contributed by atoms with van der Waals surface area (Å²) < 4.78 is 7.84. The molecule has 7 nitrogen and oxygen atoms in total. The summed E-state index contributed by atoms with van der Waals surface area (Å²) in [4.78, 5) is 15.9. The number of aromatic nitrogens is 4. The number of oxazole rings is 1. The van der Waals surface area contributed by atoms with Crippen molar-refractivity contribution in [2.24, 2.45) is 0 Å². The molecule has 4 aromatic rings. The van der Waals surface area contributed by atoms with E-state index in [0.717, 1.165) is 47.2 Å². The third kappa shape index (κ3) is 3.40. The second-order valence-corrected chi connectivity index (χ2v) is 7.49. The Bertz CT molecular complexity index is 1130. The molecule has 146 valence electrons. The van der Waals surface area contributed by atoms with Gasteiger partial charge >= 0.3 is 0 Å². The van der Waals surface area contributed by atoms with Gasteiger partial charge in [-0.25, -0.2) is 9.67 Å². The molecule has 1 aliphatic rings. The van der Waals surface area contributed by atoms with Crippen molar-refractivity contribution in [1.29, 1.82) is 0 Å². The zero-order valence-corrected chi connectivity index (χ0v) is 16.1. The Balaban J connectivity index is 1.39. The van der Waals surface area contributed by atoms with Gasteiger partial charge in [0, 0.05) is 24.1 Å². The molecule has 0 bridgehead atoms. The van der Waals surface area contributed by atoms with Crippen LogP contribution in [0.5, 0.6) is 0 Å². The lowest BCUT2D eigenvalue weighted by molar-refractivity contribution is -0.119. The van der Waals surface area contributed by atoms with Gasteiger partial charge in [0.05, 0.1) is 17.9 Å². The van der Waals surface area contributed by atoms with Crippen molar-refractivity contribution in [3.05, 3.63) is 54.7 Å². The molecule has 0 unspecified atom stereocenters. The van der Waals surface area contributed by atoms with Crippen molar-refractivity contribution in [3.8, 4) is 22.7 Å². The van der Waals surface area contributed by atoms with Crippen molar-refractivity contribution < 1.29 is 9.21 Å². The molecular formula is C22H21N5O2. The number of nitrogens with zero attached hydrogens (tertiary/aromatic N) is 4. The molecule has 2 heterocycles. The molecule has 29 heavy (non-hydrogen) atoms. The minimum Gasteiger partial charge on any atom is -0.436 e. The van der Waals surface area contributed by atoms with E-state index < -0.39 is 0 Å². The number of hydrogen-bond donors (Lipinski definition) is 1. The molecule has 0 spiro atoms. The van der Waals surface area contributed by atoms with Crippen molar-refractivity contribution >= 4 is 17.0 Å². The van der Waals surface area contributed by atoms with Crippen molar-refractivity contribution in [2.45, 2.75) is 38.3 Å². The Morgan fingerprint density at radius 3 is 2.69 bits per heavy atom. The van der Waals surface area contributed by atoms with Gasteiger partial charge in [0.15, 0.2) is 5.58 Å². The third-order valence-corrected chi connectivity index (χ3v) is 5.45. The summed E-state index contributed by atoms with van der Waals surface area (Å²) in [6, 6.07) is 16.3. The van der Waals surface area contributed by atoms with Crippen molar-refractivity contribution in [3.63, 3.8) is 0 Å². The highest BCUT2D eigenvalue weighted by Gasteiger charge is 2.28. The van der Waals surface area contributed by atoms with Crippen LogP contribution in [0.4, 0.5) is 0 Å². The molecule has 5 rings (SSSR count). The van der Waals surface area contributed by atoms with Gasteiger partial charge in [-0.05, 0) is 43.5 Å². The van der Waals surface area contributed by atoms with Crippen LogP contribution in [0.15, 0.2) is 59.1 Å². The second-order valence-electron chi connectivity index (χ2n) is 7.49. The zero-order chi connectivity index (χ0) is 19.8. The quantitative estimate of drug-likeness (QED) is 0.572. The fourth-order valence-electron chi connectivity index (χ4n) is 4.10. The average Bonchev–Trinajstić information content (AvgIpc) is 3.46. The maximum Gasteiger partial charge on any atom is 0.227 e. The highest BCUT2D eigenvalue weighted by molar-refractivity contribution is 5.76. The topological polar surface area (TPSA) is 85.8 Å². The number of rotatable bonds is 4. The predicted molar refractivity (Wildman–Crippen MR) is 109 cm³/mol. The maximum absolute atomic E-state index is 11.3. The minimum atomic E-state index is 0.0178. The largest absolute Gasteiger partial charge is 0.436 e. The first kappa shape index (κ1) is 17.6. The third-order valence-electron chi connectivity index (χ3n) is 5.45. The van der Waals surface area contributed by atoms with E-state index in [2.05, 4.69) is 20.6 Å². The number of para-hydroxylation sites is 2. The Morgan fingerprint density at radius 2 is 1.90 bits per heavy atom. The minimum absolute atomic E-state index is 0.0178. The van der Waals surface area contributed by atoms with Crippen molar-refractivity contribution in [2.75, 3.05) is 0 Å². The Labute approximate surface area is 167 Å². The van der Waals surface area contributed by atoms with E-state index in [4.69, 9.17) is 4.42 Å². The number of carbonyl (C=O) groups is 1. The van der Waals surface area contributed by atoms with Crippen LogP contribution in [0.25, 0.3) is 33.8 Å². The number of carbonyl (C=O) groups excluding carboxylic acids is 1. The molecule has 1 N–H and O–H groups in total. The van der Waals surface area contributed by atoms with Crippen LogP contribution < -0.4 is 5.32 Å². The SMILES string of the molecule is CC(=O)N[C@H]1CC[C@@H](n2nncc2-c2ccc(-c3nc4ccccc4o3)cc2)C1. The first-order chi connectivity index (χ1) is 14.2. The number of fused-ring (bicyclic) bond motifs is 1. The summed E-state index contributed by atoms with van der Waals surface area (Å²) in [6.45, 7) is 1.56. The van der Waals surface area contributed by atoms with Gasteiger partial charge < -0.3 is 9.73 Å². The fourth-order valence-corrected chi connectivity index (χ4v) is 4.10. The molecule has 1 saturated carbocycles. The van der Waals surface area contributed by atoms with Crippen LogP contribution in [0, 0.1) is 0 Å². The number of amides is 1. The molecule has 7 heteroatoms. The van der Waals surface area contributed by atoms with Crippen LogP contribution in [0.3, 0.4) is 0 Å². The monoisotopic (exact) mass is 387 g/mol. The first-order valence-corrected chi connectivity index (χ1v) is 9.81. The summed E-state index contributed by atoms with van der Waals surface area (Å²) in [5, 5.41) is 11.5. The molecule has 0 saturated heterocycles. The van der Waals surface area contributed by atoms with Crippen molar-refractivity contribution in [1.82, 2.24) is 25.3 Å². The van der Waals surface area contributed by atoms with Gasteiger partial charge in [-0.1, -0.05) is 29.5 Å². The number of hydrogen-bond acceptors (Lipinski definition) is 5. The maximum atomic E-state index is 11.3. The number of nitrogens with one attached hydrogen (secondary N) is 1. The normalized spacial score (nSPS) is 18.9. The Kier molecular flexibility index (Phi) is 4.35. The summed E-state index contributed by atoms with van der Waals surface area (Å²) in [7, 11) is 0. The second kappa shape index (κ2) is 7.16. The van der Waals surface area contributed by atoms with E-state index in [1.807, 2.05) is 53.2 Å². The van der Waals surface area contributed by atoms with Crippen LogP contribution in [-0.2, 0) is 4.79 Å². The zero-order valence-electron chi connectivity index (χ0n) is 16.1. The van der Waals surface area contributed by atoms with Gasteiger partial charge in [-0.3, -0.25) is 4.79 Å². The lowest BCUT2D eigenvalue weighted by Crippen LogP contribution is -2.30. The highest BCUT2D eigenvalue weighted by atomic mass is 16.3. The van der Waals surface area contributed by atoms with E-state index in [-0.39, 0.29) is 18.0 Å². The standard InChI is InChI=1S/C22H21N5O2/c1-14(28)24-17-10-11-18(12-17)27-20(13-23-26-27)15-6-8-16(9-7-15)22-25-19-4-2-3-5-21(19)29-22/h2-9,13,17-18H,10-12H2,1H3,(H,24,28)/t17-,18+/m0/s1. The molecule has 0 radical (unpaired) electrons. The van der Waals surface area contributed by atoms with E-state index in [1.165, 1.54) is 0 Å². The molecule has 1 aliphatic carbocycles. The average molecular weight is 387 g/mol. The highest BCUT2D eigenvalue weighted by Crippen LogP contribution is 2.33. The van der Waals surface area contributed by atoms with Gasteiger partial charge in [0.1, 0.15) is 5.52 Å². The first-order valence-electron chi connectivity index (χ1n) is 9.81. The smallest absolute Gasteiger partial charge is 0.227 e. The summed E-state index contributed by atoms with van der Waals surface area (Å²) in [5.74, 6) is 0.627. The molecule has 2 aromatic heterocycles. The van der Waals surface area contributed by atoms with E-state index in [1.54, 1.807) is 13.1 Å². The fraction of sp³-hybridized carbons (Fsp3) is 0.273. The Hall–Kier alpha value is -3.48. The van der Waals surface area contributed by atoms with Crippen LogP contribution in [0.2, 0.25) is 0 Å². The van der Waals surface area contributed by atoms with E-state index >= 15 is 0 Å². The summed E-state index contributed by atoms with van der Waals surface area (Å²) in [5.41, 5.74) is 4.57. The molecule has 1 fully saturated rings. The molecular weight excluding hydrogens is 366 g/mol. The van der Waals surface area contributed by atoms with E-state index in [0.29, 0.717) is 5.89 Å². The number of benzene rings is 2. The lowest BCUT2D eigenvalue weighted by Gasteiger charge is -2.15. The van der Waals surface area contributed by atoms with Gasteiger partial charge in [0.25, 0.3) is 0 Å². The summed E-state index contributed by atoms with van der Waals surface area (Å²) in [6.07, 6.45) is 4.60. The van der Waals surface area contributed by atoms with E-state index in [9.17, 15) is 4.79 Å². The van der Waals surface area contributed by atoms with Crippen LogP contribution in [-0.4, -0.2) is 31.9 Å². The molecule has 1 amide bonds. The summed E-state index contributed by atoms with van der Waals surface area (Å²) >= 11 is 0. The molecule has 0 aliphatic heterocycles. The molecule has 2 aromatic carbocycles. The van der Waals surface area contributed by atoms with Gasteiger partial charge in [-0.15, -0.1) is 5.10 Å². The van der Waals surface area contributed by atoms with Gasteiger partial charge in [-0.2, -0.15) is 0 Å². The van der Waals surface area contributed by atoms with Crippen LogP contribution >= 0.6 is 0 Å². The Morgan fingerprint density at radius 1 is 1.10 bits per heavy atom.